The average molecular weight is 724 g/mol. The van der Waals surface area contributed by atoms with Crippen molar-refractivity contribution in [3.05, 3.63) is 41.5 Å². The van der Waals surface area contributed by atoms with Gasteiger partial charge in [-0.3, -0.25) is 19.2 Å². The first-order valence-corrected chi connectivity index (χ1v) is 18.2. The number of hydroxylamine groups is 2. The predicted octanol–water partition coefficient (Wildman–Crippen LogP) is 0.910. The van der Waals surface area contributed by atoms with Gasteiger partial charge in [0.1, 0.15) is 36.4 Å². The molecule has 280 valence electrons. The van der Waals surface area contributed by atoms with Gasteiger partial charge < -0.3 is 39.4 Å². The predicted molar refractivity (Wildman–Crippen MR) is 177 cm³/mol. The van der Waals surface area contributed by atoms with E-state index in [1.807, 2.05) is 12.1 Å². The first kappa shape index (κ1) is 35.2. The number of cyclic esters (lactones) is 1. The van der Waals surface area contributed by atoms with Crippen molar-refractivity contribution in [2.45, 2.75) is 101 Å². The summed E-state index contributed by atoms with van der Waals surface area (Å²) in [5.41, 5.74) is -0.634. The molecule has 3 saturated carbocycles. The largest absolute Gasteiger partial charge is 0.462 e. The summed E-state index contributed by atoms with van der Waals surface area (Å²) in [4.78, 5) is 72.0. The molecule has 7 aliphatic rings. The summed E-state index contributed by atoms with van der Waals surface area (Å²) in [6, 6.07) is 6.14. The van der Waals surface area contributed by atoms with E-state index in [4.69, 9.17) is 33.6 Å². The molecule has 4 saturated heterocycles. The Labute approximate surface area is 300 Å². The molecule has 3 aliphatic carbocycles. The van der Waals surface area contributed by atoms with Gasteiger partial charge in [0.25, 0.3) is 0 Å². The lowest BCUT2D eigenvalue weighted by atomic mass is 9.62. The summed E-state index contributed by atoms with van der Waals surface area (Å²) in [5, 5.41) is 16.0. The van der Waals surface area contributed by atoms with Gasteiger partial charge in [-0.05, 0) is 42.9 Å². The van der Waals surface area contributed by atoms with Gasteiger partial charge in [-0.25, -0.2) is 9.59 Å². The number of nitrogens with one attached hydrogen (secondary N) is 2. The third-order valence-corrected chi connectivity index (χ3v) is 11.4. The van der Waals surface area contributed by atoms with Gasteiger partial charge in [0, 0.05) is 49.3 Å². The van der Waals surface area contributed by atoms with Crippen molar-refractivity contribution in [3.63, 3.8) is 0 Å². The molecule has 1 aromatic carbocycles. The summed E-state index contributed by atoms with van der Waals surface area (Å²) in [5.74, 6) is -2.92. The van der Waals surface area contributed by atoms with Crippen LogP contribution in [0.25, 0.3) is 6.08 Å². The van der Waals surface area contributed by atoms with E-state index in [9.17, 15) is 24.0 Å². The zero-order chi connectivity index (χ0) is 36.4. The molecule has 0 spiro atoms. The summed E-state index contributed by atoms with van der Waals surface area (Å²) < 4.78 is 30.2. The highest BCUT2D eigenvalue weighted by Gasteiger charge is 2.78. The molecule has 15 nitrogen and oxygen atoms in total. The number of nitrogens with zero attached hydrogens (tertiary/aromatic N) is 1. The van der Waals surface area contributed by atoms with Gasteiger partial charge in [-0.1, -0.05) is 38.1 Å². The van der Waals surface area contributed by atoms with Crippen LogP contribution in [0.5, 0.6) is 0 Å². The molecule has 8 rings (SSSR count). The summed E-state index contributed by atoms with van der Waals surface area (Å²) in [6.45, 7) is 3.78. The lowest BCUT2D eigenvalue weighted by Gasteiger charge is -2.48. The zero-order valence-corrected chi connectivity index (χ0v) is 29.2. The van der Waals surface area contributed by atoms with Crippen molar-refractivity contribution < 1.29 is 57.6 Å². The van der Waals surface area contributed by atoms with Gasteiger partial charge >= 0.3 is 17.9 Å². The number of fused-ring (bicyclic) bond motifs is 4. The number of esters is 3. The smallest absolute Gasteiger partial charge is 0.348 e. The number of aliphatic hydroxyl groups excluding tert-OH is 1. The topological polar surface area (TPSA) is 188 Å². The second kappa shape index (κ2) is 13.2. The van der Waals surface area contributed by atoms with Crippen LogP contribution in [0.15, 0.2) is 30.3 Å². The fourth-order valence-electron chi connectivity index (χ4n) is 8.63. The molecule has 7 atom stereocenters. The highest BCUT2D eigenvalue weighted by Crippen LogP contribution is 2.63. The lowest BCUT2D eigenvalue weighted by Crippen LogP contribution is -2.69. The molecule has 4 aliphatic heterocycles. The van der Waals surface area contributed by atoms with Crippen LogP contribution < -0.4 is 10.6 Å². The highest BCUT2D eigenvalue weighted by molar-refractivity contribution is 5.94. The number of hydrogen-bond acceptors (Lipinski definition) is 13. The fourth-order valence-corrected chi connectivity index (χ4v) is 8.63. The van der Waals surface area contributed by atoms with Gasteiger partial charge in [-0.2, -0.15) is 5.06 Å². The van der Waals surface area contributed by atoms with Crippen LogP contribution in [-0.2, 0) is 59.0 Å². The molecule has 2 bridgehead atoms. The summed E-state index contributed by atoms with van der Waals surface area (Å²) >= 11 is 0. The van der Waals surface area contributed by atoms with Crippen LogP contribution in [0.1, 0.15) is 63.5 Å². The maximum atomic E-state index is 14.4. The zero-order valence-electron chi connectivity index (χ0n) is 29.2. The van der Waals surface area contributed by atoms with E-state index in [0.717, 1.165) is 31.2 Å². The van der Waals surface area contributed by atoms with Gasteiger partial charge in [0.15, 0.2) is 11.8 Å². The van der Waals surface area contributed by atoms with Crippen molar-refractivity contribution in [2.75, 3.05) is 26.3 Å². The van der Waals surface area contributed by atoms with Crippen LogP contribution in [0.4, 0.5) is 0 Å². The Hall–Kier alpha value is -3.89. The Bertz CT molecular complexity index is 1660. The van der Waals surface area contributed by atoms with Crippen molar-refractivity contribution in [3.8, 4) is 0 Å². The lowest BCUT2D eigenvalue weighted by molar-refractivity contribution is -0.235. The van der Waals surface area contributed by atoms with Gasteiger partial charge in [-0.15, -0.1) is 0 Å². The SMILES string of the molecule is CC1(C)COC(=O)[C@@H]1OC(=O)C=Cc1cccc(CN2O[C@@H]3[C@H]4OC(C5CC5)(C5CC5)O[C@H]4[C@@H]4C[C@]3(C(=O)NCCC(=O)NCCO)[C@@H]2C(=O)O4)c1. The van der Waals surface area contributed by atoms with Crippen molar-refractivity contribution >= 4 is 35.8 Å². The quantitative estimate of drug-likeness (QED) is 0.148. The standard InChI is InChI=1S/C37H45N3O12/c1-35(2)19-47-33(45)31(35)49-26(43)11-6-20-4-3-5-21(16-20)18-40-29-32(44)48-24-17-36(29,34(46)39-13-12-25(42)38-14-15-41)30(52-40)28-27(24)50-37(51-28,22-7-8-22)23-9-10-23/h3-6,11,16,22-24,27-31,41H,7-10,12-15,17-19H2,1-2H3,(H,38,42)(H,39,46)/t24-,27-,28-,29-,30+,31-,36-/m0/s1. The third-order valence-electron chi connectivity index (χ3n) is 11.4. The second-order valence-corrected chi connectivity index (χ2v) is 15.7. The van der Waals surface area contributed by atoms with Crippen LogP contribution in [0.3, 0.4) is 0 Å². The molecule has 15 heteroatoms. The first-order valence-electron chi connectivity index (χ1n) is 18.2. The first-order chi connectivity index (χ1) is 24.9. The molecule has 1 aromatic rings. The van der Waals surface area contributed by atoms with Crippen molar-refractivity contribution in [1.82, 2.24) is 15.7 Å². The number of carbonyl (C=O) groups is 5. The number of ether oxygens (including phenoxy) is 5. The molecule has 0 radical (unpaired) electrons. The molecule has 3 N–H and O–H groups in total. The van der Waals surface area contributed by atoms with Gasteiger partial charge in [0.2, 0.25) is 17.9 Å². The molecular formula is C37H45N3O12. The van der Waals surface area contributed by atoms with Crippen LogP contribution >= 0.6 is 0 Å². The van der Waals surface area contributed by atoms with E-state index in [0.29, 0.717) is 5.56 Å². The number of amides is 2. The third kappa shape index (κ3) is 6.09. The maximum absolute atomic E-state index is 14.4. The Balaban J connectivity index is 1.03. The van der Waals surface area contributed by atoms with Crippen molar-refractivity contribution in [2.24, 2.45) is 22.7 Å². The molecular weight excluding hydrogens is 678 g/mol. The van der Waals surface area contributed by atoms with E-state index in [1.165, 1.54) is 11.1 Å². The van der Waals surface area contributed by atoms with E-state index in [1.54, 1.807) is 32.1 Å². The molecule has 7 fully saturated rings. The van der Waals surface area contributed by atoms with Gasteiger partial charge in [0.05, 0.1) is 13.2 Å². The summed E-state index contributed by atoms with van der Waals surface area (Å²) in [7, 11) is 0. The number of hydrogen-bond donors (Lipinski definition) is 3. The number of benzene rings is 1. The molecule has 2 amide bonds. The van der Waals surface area contributed by atoms with E-state index in [-0.39, 0.29) is 63.4 Å². The minimum absolute atomic E-state index is 0.00983. The maximum Gasteiger partial charge on any atom is 0.348 e. The average Bonchev–Trinajstić information content (AvgIpc) is 4.06. The number of aliphatic hydroxyl groups is 1. The Morgan fingerprint density at radius 2 is 1.77 bits per heavy atom. The Morgan fingerprint density at radius 3 is 2.46 bits per heavy atom. The minimum Gasteiger partial charge on any atom is -0.462 e. The Morgan fingerprint density at radius 1 is 1.02 bits per heavy atom. The van der Waals surface area contributed by atoms with Crippen molar-refractivity contribution in [1.29, 1.82) is 0 Å². The molecule has 52 heavy (non-hydrogen) atoms. The summed E-state index contributed by atoms with van der Waals surface area (Å²) in [6.07, 6.45) is 3.08. The number of rotatable bonds is 13. The minimum atomic E-state index is -1.38. The van der Waals surface area contributed by atoms with Crippen LogP contribution in [-0.4, -0.2) is 109 Å². The van der Waals surface area contributed by atoms with E-state index >= 15 is 0 Å². The highest BCUT2D eigenvalue weighted by atomic mass is 16.8. The van der Waals surface area contributed by atoms with E-state index < -0.39 is 77.0 Å². The molecule has 0 aromatic heterocycles. The Kier molecular flexibility index (Phi) is 8.92. The van der Waals surface area contributed by atoms with Crippen LogP contribution in [0, 0.1) is 22.7 Å². The normalized spacial score (nSPS) is 34.1. The number of carbonyl (C=O) groups excluding carboxylic acids is 5. The second-order valence-electron chi connectivity index (χ2n) is 15.7. The van der Waals surface area contributed by atoms with Crippen LogP contribution in [0.2, 0.25) is 0 Å². The molecule has 0 unspecified atom stereocenters. The molecule has 4 heterocycles. The fraction of sp³-hybridized carbons (Fsp3) is 0.649. The van der Waals surface area contributed by atoms with E-state index in [2.05, 4.69) is 10.6 Å². The monoisotopic (exact) mass is 723 g/mol.